The molecule has 3 rings (SSSR count). The van der Waals surface area contributed by atoms with Gasteiger partial charge in [-0.2, -0.15) is 10.2 Å². The second-order valence-electron chi connectivity index (χ2n) is 6.51. The van der Waals surface area contributed by atoms with Gasteiger partial charge in [-0.25, -0.2) is 0 Å². The molecular weight excluding hydrogens is 288 g/mol. The lowest BCUT2D eigenvalue weighted by Crippen LogP contribution is -2.46. The first-order valence-corrected chi connectivity index (χ1v) is 8.24. The van der Waals surface area contributed by atoms with Crippen molar-refractivity contribution in [2.75, 3.05) is 6.54 Å². The highest BCUT2D eigenvalue weighted by molar-refractivity contribution is 5.76. The first-order chi connectivity index (χ1) is 11.2. The normalized spacial score (nSPS) is 19.4. The number of carbonyl (C=O) groups excluding carboxylic acids is 1. The highest BCUT2D eigenvalue weighted by Gasteiger charge is 2.41. The van der Waals surface area contributed by atoms with Gasteiger partial charge in [-0.3, -0.25) is 9.78 Å². The molecule has 1 aromatic heterocycles. The smallest absolute Gasteiger partial charge is 0.220 e. The number of hydrogen-bond donors (Lipinski definition) is 1. The van der Waals surface area contributed by atoms with Crippen LogP contribution in [0.25, 0.3) is 0 Å². The van der Waals surface area contributed by atoms with E-state index in [0.29, 0.717) is 25.8 Å². The van der Waals surface area contributed by atoms with Crippen molar-refractivity contribution in [1.29, 1.82) is 0 Å². The van der Waals surface area contributed by atoms with Gasteiger partial charge in [0.2, 0.25) is 5.91 Å². The number of carbonyl (C=O) groups is 1. The SMILES string of the molecule is C#CCCC1(CCC(=O)NCC2(c3ccccn3)CCC2)N=N1. The molecule has 1 aliphatic heterocycles. The lowest BCUT2D eigenvalue weighted by Gasteiger charge is -2.41. The molecule has 1 saturated carbocycles. The van der Waals surface area contributed by atoms with Crippen LogP contribution in [-0.2, 0) is 10.2 Å². The van der Waals surface area contributed by atoms with Crippen molar-refractivity contribution in [3.63, 3.8) is 0 Å². The van der Waals surface area contributed by atoms with Crippen molar-refractivity contribution in [2.45, 2.75) is 56.0 Å². The fraction of sp³-hybridized carbons (Fsp3) is 0.556. The van der Waals surface area contributed by atoms with Crippen LogP contribution in [0, 0.1) is 12.3 Å². The van der Waals surface area contributed by atoms with E-state index in [1.165, 1.54) is 6.42 Å². The summed E-state index contributed by atoms with van der Waals surface area (Å²) in [5.41, 5.74) is 0.731. The molecule has 0 atom stereocenters. The average molecular weight is 310 g/mol. The highest BCUT2D eigenvalue weighted by atomic mass is 16.1. The molecule has 1 aliphatic carbocycles. The number of hydrogen-bond acceptors (Lipinski definition) is 4. The molecule has 0 spiro atoms. The lowest BCUT2D eigenvalue weighted by molar-refractivity contribution is -0.121. The van der Waals surface area contributed by atoms with Crippen molar-refractivity contribution in [1.82, 2.24) is 10.3 Å². The van der Waals surface area contributed by atoms with Gasteiger partial charge in [-0.1, -0.05) is 12.5 Å². The molecule has 0 radical (unpaired) electrons. The maximum Gasteiger partial charge on any atom is 0.220 e. The summed E-state index contributed by atoms with van der Waals surface area (Å²) >= 11 is 0. The number of terminal acetylenes is 1. The number of amides is 1. The fourth-order valence-corrected chi connectivity index (χ4v) is 3.14. The van der Waals surface area contributed by atoms with E-state index < -0.39 is 0 Å². The van der Waals surface area contributed by atoms with E-state index >= 15 is 0 Å². The van der Waals surface area contributed by atoms with Crippen LogP contribution in [-0.4, -0.2) is 23.1 Å². The second kappa shape index (κ2) is 6.49. The van der Waals surface area contributed by atoms with Gasteiger partial charge in [0.15, 0.2) is 5.66 Å². The summed E-state index contributed by atoms with van der Waals surface area (Å²) < 4.78 is 0. The lowest BCUT2D eigenvalue weighted by atomic mass is 9.66. The molecule has 2 aliphatic rings. The van der Waals surface area contributed by atoms with Crippen LogP contribution in [0.5, 0.6) is 0 Å². The molecule has 5 heteroatoms. The van der Waals surface area contributed by atoms with Gasteiger partial charge in [0.25, 0.3) is 0 Å². The Morgan fingerprint density at radius 2 is 2.13 bits per heavy atom. The first kappa shape index (κ1) is 15.7. The van der Waals surface area contributed by atoms with E-state index in [4.69, 9.17) is 6.42 Å². The minimum atomic E-state index is -0.376. The summed E-state index contributed by atoms with van der Waals surface area (Å²) in [6.07, 6.45) is 12.9. The van der Waals surface area contributed by atoms with E-state index in [1.807, 2.05) is 18.3 Å². The molecule has 0 saturated heterocycles. The van der Waals surface area contributed by atoms with E-state index in [9.17, 15) is 4.79 Å². The molecule has 1 amide bonds. The largest absolute Gasteiger partial charge is 0.355 e. The van der Waals surface area contributed by atoms with Gasteiger partial charge in [0.05, 0.1) is 0 Å². The van der Waals surface area contributed by atoms with Crippen molar-refractivity contribution in [3.8, 4) is 12.3 Å². The standard InChI is InChI=1S/C18H22N4O/c1-2-3-11-18(21-22-18)12-8-16(23)20-14-17(9-6-10-17)15-7-4-5-13-19-15/h1,4-5,7,13H,3,6,8-12,14H2,(H,20,23). The Balaban J connectivity index is 1.46. The number of nitrogens with one attached hydrogen (secondary N) is 1. The molecule has 1 N–H and O–H groups in total. The monoisotopic (exact) mass is 310 g/mol. The van der Waals surface area contributed by atoms with Crippen LogP contribution in [0.2, 0.25) is 0 Å². The third kappa shape index (κ3) is 3.58. The Kier molecular flexibility index (Phi) is 4.42. The van der Waals surface area contributed by atoms with Crippen molar-refractivity contribution < 1.29 is 4.79 Å². The topological polar surface area (TPSA) is 66.7 Å². The zero-order valence-electron chi connectivity index (χ0n) is 13.3. The summed E-state index contributed by atoms with van der Waals surface area (Å²) in [5.74, 6) is 2.66. The van der Waals surface area contributed by atoms with Gasteiger partial charge in [0.1, 0.15) is 0 Å². The highest BCUT2D eigenvalue weighted by Crippen LogP contribution is 2.42. The van der Waals surface area contributed by atoms with Crippen molar-refractivity contribution in [3.05, 3.63) is 30.1 Å². The quantitative estimate of drug-likeness (QED) is 0.750. The van der Waals surface area contributed by atoms with Gasteiger partial charge < -0.3 is 5.32 Å². The van der Waals surface area contributed by atoms with E-state index in [0.717, 1.165) is 25.0 Å². The summed E-state index contributed by atoms with van der Waals surface area (Å²) in [7, 11) is 0. The van der Waals surface area contributed by atoms with Crippen LogP contribution in [0.1, 0.15) is 50.6 Å². The molecule has 120 valence electrons. The predicted molar refractivity (Wildman–Crippen MR) is 87.7 cm³/mol. The van der Waals surface area contributed by atoms with Crippen LogP contribution in [0.4, 0.5) is 0 Å². The Labute approximate surface area is 137 Å². The Morgan fingerprint density at radius 3 is 2.70 bits per heavy atom. The summed E-state index contributed by atoms with van der Waals surface area (Å²) in [5, 5.41) is 11.2. The van der Waals surface area contributed by atoms with Crippen molar-refractivity contribution in [2.24, 2.45) is 10.2 Å². The predicted octanol–water partition coefficient (Wildman–Crippen LogP) is 2.98. The van der Waals surface area contributed by atoms with E-state index in [-0.39, 0.29) is 17.0 Å². The molecule has 5 nitrogen and oxygen atoms in total. The number of aromatic nitrogens is 1. The average Bonchev–Trinajstić information content (AvgIpc) is 3.31. The Bertz CT molecular complexity index is 622. The molecule has 1 fully saturated rings. The molecular formula is C18H22N4O. The molecule has 0 unspecified atom stereocenters. The van der Waals surface area contributed by atoms with Gasteiger partial charge in [-0.15, -0.1) is 12.3 Å². The zero-order valence-corrected chi connectivity index (χ0v) is 13.3. The van der Waals surface area contributed by atoms with Crippen LogP contribution in [0.15, 0.2) is 34.6 Å². The molecule has 0 bridgehead atoms. The summed E-state index contributed by atoms with van der Waals surface area (Å²) in [4.78, 5) is 16.6. The maximum atomic E-state index is 12.2. The molecule has 2 heterocycles. The summed E-state index contributed by atoms with van der Waals surface area (Å²) in [6, 6.07) is 5.99. The van der Waals surface area contributed by atoms with E-state index in [1.54, 1.807) is 0 Å². The fourth-order valence-electron chi connectivity index (χ4n) is 3.14. The minimum absolute atomic E-state index is 0.0202. The Morgan fingerprint density at radius 1 is 1.30 bits per heavy atom. The second-order valence-corrected chi connectivity index (χ2v) is 6.51. The number of rotatable bonds is 8. The third-order valence-electron chi connectivity index (χ3n) is 4.95. The van der Waals surface area contributed by atoms with Gasteiger partial charge in [-0.05, 0) is 25.0 Å². The van der Waals surface area contributed by atoms with Gasteiger partial charge >= 0.3 is 0 Å². The summed E-state index contributed by atoms with van der Waals surface area (Å²) in [6.45, 7) is 0.661. The first-order valence-electron chi connectivity index (χ1n) is 8.24. The Hall–Kier alpha value is -2.22. The number of nitrogens with zero attached hydrogens (tertiary/aromatic N) is 3. The van der Waals surface area contributed by atoms with E-state index in [2.05, 4.69) is 32.5 Å². The van der Waals surface area contributed by atoms with Crippen LogP contribution >= 0.6 is 0 Å². The minimum Gasteiger partial charge on any atom is -0.355 e. The maximum absolute atomic E-state index is 12.2. The molecule has 0 aromatic carbocycles. The zero-order chi connectivity index (χ0) is 16.2. The number of pyridine rings is 1. The van der Waals surface area contributed by atoms with Gasteiger partial charge in [0, 0.05) is 49.5 Å². The molecule has 1 aromatic rings. The molecule has 23 heavy (non-hydrogen) atoms. The van der Waals surface area contributed by atoms with Crippen LogP contribution < -0.4 is 5.32 Å². The van der Waals surface area contributed by atoms with Crippen molar-refractivity contribution >= 4 is 5.91 Å². The van der Waals surface area contributed by atoms with Crippen LogP contribution in [0.3, 0.4) is 0 Å². The third-order valence-corrected chi connectivity index (χ3v) is 4.95.